The van der Waals surface area contributed by atoms with Crippen LogP contribution in [0.2, 0.25) is 0 Å². The largest absolute Gasteiger partial charge is 0.489 e. The van der Waals surface area contributed by atoms with Crippen molar-refractivity contribution in [2.24, 2.45) is 0 Å². The fourth-order valence-corrected chi connectivity index (χ4v) is 5.32. The van der Waals surface area contributed by atoms with E-state index in [1.165, 1.54) is 4.90 Å². The molecule has 204 valence electrons. The van der Waals surface area contributed by atoms with Gasteiger partial charge in [0, 0.05) is 38.1 Å². The smallest absolute Gasteiger partial charge is 0.227 e. The van der Waals surface area contributed by atoms with E-state index in [1.54, 1.807) is 13.2 Å². The first-order chi connectivity index (χ1) is 20.0. The number of nitrogens with one attached hydrogen (secondary N) is 1. The maximum Gasteiger partial charge on any atom is 0.227 e. The minimum absolute atomic E-state index is 0.189. The first kappa shape index (κ1) is 26.1. The van der Waals surface area contributed by atoms with Crippen molar-refractivity contribution >= 4 is 18.0 Å². The maximum absolute atomic E-state index is 14.1. The van der Waals surface area contributed by atoms with Crippen molar-refractivity contribution in [2.75, 3.05) is 13.6 Å². The lowest BCUT2D eigenvalue weighted by Gasteiger charge is -2.17. The molecule has 0 bridgehead atoms. The van der Waals surface area contributed by atoms with Crippen LogP contribution in [0.3, 0.4) is 0 Å². The zero-order valence-corrected chi connectivity index (χ0v) is 22.7. The molecule has 3 aromatic carbocycles. The van der Waals surface area contributed by atoms with Crippen molar-refractivity contribution in [1.82, 2.24) is 14.5 Å². The Bertz CT molecular complexity index is 1720. The molecule has 0 spiro atoms. The number of ether oxygens (including phenoxy) is 1. The van der Waals surface area contributed by atoms with E-state index in [-0.39, 0.29) is 11.6 Å². The number of fused-ring (bicyclic) bond motifs is 2. The first-order valence-electron chi connectivity index (χ1n) is 13.5. The van der Waals surface area contributed by atoms with Crippen LogP contribution in [0.25, 0.3) is 11.1 Å². The minimum Gasteiger partial charge on any atom is -0.489 e. The average Bonchev–Trinajstić information content (AvgIpc) is 3.62. The fraction of sp³-hybridized carbons (Fsp3) is 0.147. The second-order valence-electron chi connectivity index (χ2n) is 10.2. The van der Waals surface area contributed by atoms with Crippen LogP contribution in [0.5, 0.6) is 5.75 Å². The summed E-state index contributed by atoms with van der Waals surface area (Å²) < 4.78 is 7.84. The first-order valence-corrected chi connectivity index (χ1v) is 13.5. The standard InChI is InChI=1S/C34H29N3O4/c1-36(22-38)17-16-26-18-35-31-29(26)33(39)30-28(20-37(32(30)34(31)40)19-23-8-4-2-5-9-23)25-12-14-27(15-13-25)41-21-24-10-6-3-7-11-24/h2-15,18,20,22,35H,16-17,19,21H2,1H3. The summed E-state index contributed by atoms with van der Waals surface area (Å²) in [5.41, 5.74) is 5.82. The van der Waals surface area contributed by atoms with Gasteiger partial charge in [0.05, 0.1) is 11.1 Å². The van der Waals surface area contributed by atoms with Crippen LogP contribution in [-0.2, 0) is 24.4 Å². The van der Waals surface area contributed by atoms with Crippen LogP contribution in [0.4, 0.5) is 0 Å². The lowest BCUT2D eigenvalue weighted by Crippen LogP contribution is -2.25. The van der Waals surface area contributed by atoms with Gasteiger partial charge in [0.25, 0.3) is 0 Å². The molecule has 41 heavy (non-hydrogen) atoms. The van der Waals surface area contributed by atoms with Crippen molar-refractivity contribution in [3.05, 3.63) is 137 Å². The zero-order chi connectivity index (χ0) is 28.3. The van der Waals surface area contributed by atoms with E-state index in [1.807, 2.05) is 95.7 Å². The summed E-state index contributed by atoms with van der Waals surface area (Å²) in [4.78, 5) is 43.7. The van der Waals surface area contributed by atoms with E-state index in [2.05, 4.69) is 4.98 Å². The van der Waals surface area contributed by atoms with Gasteiger partial charge < -0.3 is 19.2 Å². The summed E-state index contributed by atoms with van der Waals surface area (Å²) >= 11 is 0. The van der Waals surface area contributed by atoms with Crippen LogP contribution in [-0.4, -0.2) is 46.0 Å². The number of carbonyl (C=O) groups excluding carboxylic acids is 3. The quantitative estimate of drug-likeness (QED) is 0.231. The summed E-state index contributed by atoms with van der Waals surface area (Å²) in [6.45, 7) is 1.34. The van der Waals surface area contributed by atoms with Gasteiger partial charge in [0.1, 0.15) is 23.7 Å². The number of aromatic nitrogens is 2. The number of rotatable bonds is 10. The predicted molar refractivity (Wildman–Crippen MR) is 156 cm³/mol. The SMILES string of the molecule is CN(C=O)CCc1c[nH]c2c1C(=O)c1c(-c3ccc(OCc4ccccc4)cc3)cn(Cc3ccccc3)c1C2=O. The molecule has 0 saturated heterocycles. The molecule has 7 heteroatoms. The van der Waals surface area contributed by atoms with Crippen molar-refractivity contribution < 1.29 is 19.1 Å². The van der Waals surface area contributed by atoms with Crippen LogP contribution in [0, 0.1) is 0 Å². The number of hydrogen-bond donors (Lipinski definition) is 1. The molecule has 1 amide bonds. The number of H-pyrrole nitrogens is 1. The number of ketones is 2. The maximum atomic E-state index is 14.1. The Morgan fingerprint density at radius 2 is 1.54 bits per heavy atom. The second kappa shape index (κ2) is 11.1. The highest BCUT2D eigenvalue weighted by atomic mass is 16.5. The van der Waals surface area contributed by atoms with Gasteiger partial charge in [-0.1, -0.05) is 72.8 Å². The molecule has 0 fully saturated rings. The van der Waals surface area contributed by atoms with Gasteiger partial charge in [-0.2, -0.15) is 0 Å². The minimum atomic E-state index is -0.213. The third-order valence-corrected chi connectivity index (χ3v) is 7.46. The number of hydrogen-bond acceptors (Lipinski definition) is 4. The van der Waals surface area contributed by atoms with E-state index in [0.717, 1.165) is 28.7 Å². The number of amides is 1. The molecule has 0 atom stereocenters. The molecule has 2 heterocycles. The molecule has 0 radical (unpaired) electrons. The molecule has 5 aromatic rings. The summed E-state index contributed by atoms with van der Waals surface area (Å²) in [6, 6.07) is 27.4. The molecular weight excluding hydrogens is 514 g/mol. The monoisotopic (exact) mass is 543 g/mol. The van der Waals surface area contributed by atoms with Crippen LogP contribution in [0.1, 0.15) is 48.8 Å². The fourth-order valence-electron chi connectivity index (χ4n) is 5.32. The van der Waals surface area contributed by atoms with Crippen LogP contribution < -0.4 is 4.74 Å². The van der Waals surface area contributed by atoms with Gasteiger partial charge in [-0.15, -0.1) is 0 Å². The number of carbonyl (C=O) groups is 3. The molecule has 0 aliphatic heterocycles. The second-order valence-corrected chi connectivity index (χ2v) is 10.2. The molecule has 7 nitrogen and oxygen atoms in total. The Hall–Kier alpha value is -5.17. The van der Waals surface area contributed by atoms with Gasteiger partial charge in [-0.3, -0.25) is 14.4 Å². The summed E-state index contributed by atoms with van der Waals surface area (Å²) in [5.74, 6) is 0.313. The number of benzene rings is 3. The van der Waals surface area contributed by atoms with E-state index < -0.39 is 0 Å². The average molecular weight is 544 g/mol. The van der Waals surface area contributed by atoms with Gasteiger partial charge in [-0.25, -0.2) is 0 Å². The molecule has 1 aliphatic rings. The van der Waals surface area contributed by atoms with Gasteiger partial charge in [0.15, 0.2) is 5.78 Å². The topological polar surface area (TPSA) is 84.4 Å². The number of aromatic amines is 1. The molecular formula is C34H29N3O4. The highest BCUT2D eigenvalue weighted by Gasteiger charge is 2.38. The van der Waals surface area contributed by atoms with Crippen molar-refractivity contribution in [3.8, 4) is 16.9 Å². The Morgan fingerprint density at radius 1 is 0.854 bits per heavy atom. The van der Waals surface area contributed by atoms with Crippen molar-refractivity contribution in [3.63, 3.8) is 0 Å². The zero-order valence-electron chi connectivity index (χ0n) is 22.7. The lowest BCUT2D eigenvalue weighted by molar-refractivity contribution is -0.116. The van der Waals surface area contributed by atoms with E-state index >= 15 is 0 Å². The number of nitrogens with zero attached hydrogens (tertiary/aromatic N) is 2. The lowest BCUT2D eigenvalue weighted by atomic mass is 9.86. The summed E-state index contributed by atoms with van der Waals surface area (Å²) in [5, 5.41) is 0. The Balaban J connectivity index is 1.38. The summed E-state index contributed by atoms with van der Waals surface area (Å²) in [6.07, 6.45) is 4.83. The highest BCUT2D eigenvalue weighted by Crippen LogP contribution is 2.38. The normalized spacial score (nSPS) is 12.1. The van der Waals surface area contributed by atoms with Crippen molar-refractivity contribution in [1.29, 1.82) is 0 Å². The third-order valence-electron chi connectivity index (χ3n) is 7.46. The van der Waals surface area contributed by atoms with Crippen LogP contribution in [0.15, 0.2) is 97.3 Å². The van der Waals surface area contributed by atoms with Gasteiger partial charge in [-0.05, 0) is 40.8 Å². The van der Waals surface area contributed by atoms with Gasteiger partial charge >= 0.3 is 0 Å². The van der Waals surface area contributed by atoms with Gasteiger partial charge in [0.2, 0.25) is 12.2 Å². The summed E-state index contributed by atoms with van der Waals surface area (Å²) in [7, 11) is 1.69. The Morgan fingerprint density at radius 3 is 2.22 bits per heavy atom. The van der Waals surface area contributed by atoms with E-state index in [4.69, 9.17) is 4.74 Å². The molecule has 0 saturated carbocycles. The Kier molecular flexibility index (Phi) is 7.08. The molecule has 1 aliphatic carbocycles. The van der Waals surface area contributed by atoms with E-state index in [9.17, 15) is 14.4 Å². The third kappa shape index (κ3) is 5.10. The molecule has 1 N–H and O–H groups in total. The predicted octanol–water partition coefficient (Wildman–Crippen LogP) is 5.52. The molecule has 0 unspecified atom stereocenters. The number of likely N-dealkylation sites (N-methyl/N-ethyl adjacent to an activating group) is 1. The van der Waals surface area contributed by atoms with Crippen molar-refractivity contribution in [2.45, 2.75) is 19.6 Å². The van der Waals surface area contributed by atoms with Crippen LogP contribution >= 0.6 is 0 Å². The van der Waals surface area contributed by atoms with E-state index in [0.29, 0.717) is 59.9 Å². The molecule has 6 rings (SSSR count). The Labute approximate surface area is 238 Å². The molecule has 2 aromatic heterocycles. The highest BCUT2D eigenvalue weighted by molar-refractivity contribution is 6.30.